The van der Waals surface area contributed by atoms with Crippen molar-refractivity contribution in [1.29, 1.82) is 0 Å². The molecule has 108 valence electrons. The van der Waals surface area contributed by atoms with Crippen molar-refractivity contribution in [1.82, 2.24) is 0 Å². The van der Waals surface area contributed by atoms with Crippen LogP contribution in [0.1, 0.15) is 10.4 Å². The number of ketones is 1. The van der Waals surface area contributed by atoms with Crippen molar-refractivity contribution in [2.75, 3.05) is 18.6 Å². The first-order chi connectivity index (χ1) is 9.45. The van der Waals surface area contributed by atoms with Crippen LogP contribution in [0.4, 0.5) is 13.2 Å². The highest BCUT2D eigenvalue weighted by atomic mass is 32.2. The maximum atomic E-state index is 13.2. The van der Waals surface area contributed by atoms with Crippen LogP contribution >= 0.6 is 23.5 Å². The fourth-order valence-corrected chi connectivity index (χ4v) is 4.34. The molecule has 1 saturated heterocycles. The van der Waals surface area contributed by atoms with E-state index >= 15 is 0 Å². The Morgan fingerprint density at radius 3 is 2.35 bits per heavy atom. The molecule has 7 heteroatoms. The summed E-state index contributed by atoms with van der Waals surface area (Å²) in [5.41, 5.74) is -1.16. The van der Waals surface area contributed by atoms with E-state index in [4.69, 9.17) is 4.74 Å². The predicted molar refractivity (Wildman–Crippen MR) is 75.3 cm³/mol. The molecule has 1 aromatic carbocycles. The van der Waals surface area contributed by atoms with E-state index in [1.807, 2.05) is 0 Å². The van der Waals surface area contributed by atoms with Gasteiger partial charge in [0.25, 0.3) is 0 Å². The zero-order chi connectivity index (χ0) is 14.8. The molecule has 0 spiro atoms. The average molecular weight is 320 g/mol. The number of allylic oxidation sites excluding steroid dienone is 1. The number of alkyl halides is 3. The van der Waals surface area contributed by atoms with E-state index in [0.29, 0.717) is 11.5 Å². The van der Waals surface area contributed by atoms with Crippen molar-refractivity contribution in [3.8, 4) is 5.75 Å². The van der Waals surface area contributed by atoms with Gasteiger partial charge in [-0.2, -0.15) is 13.2 Å². The standard InChI is InChI=1S/C13H11F3O2S2/c1-18-9-5-3-2-4-8(9)11(17)10(13(14,15)16)12-19-6-7-20-12/h2-5H,6-7H2,1H3. The smallest absolute Gasteiger partial charge is 0.421 e. The van der Waals surface area contributed by atoms with E-state index in [-0.39, 0.29) is 15.6 Å². The number of Topliss-reactive ketones (excluding diaryl/α,β-unsaturated/α-hetero) is 1. The summed E-state index contributed by atoms with van der Waals surface area (Å²) in [6.45, 7) is 0. The maximum Gasteiger partial charge on any atom is 0.421 e. The Kier molecular flexibility index (Phi) is 4.70. The zero-order valence-electron chi connectivity index (χ0n) is 10.5. The largest absolute Gasteiger partial charge is 0.496 e. The minimum atomic E-state index is -4.67. The zero-order valence-corrected chi connectivity index (χ0v) is 12.1. The summed E-state index contributed by atoms with van der Waals surface area (Å²) in [5.74, 6) is 0.275. The Bertz CT molecular complexity index is 545. The highest BCUT2D eigenvalue weighted by Gasteiger charge is 2.43. The Labute approximate surface area is 122 Å². The van der Waals surface area contributed by atoms with Crippen molar-refractivity contribution in [2.24, 2.45) is 0 Å². The van der Waals surface area contributed by atoms with Gasteiger partial charge in [0.15, 0.2) is 0 Å². The van der Waals surface area contributed by atoms with E-state index < -0.39 is 17.5 Å². The average Bonchev–Trinajstić information content (AvgIpc) is 2.90. The van der Waals surface area contributed by atoms with Crippen LogP contribution in [-0.2, 0) is 0 Å². The highest BCUT2D eigenvalue weighted by Crippen LogP contribution is 2.45. The van der Waals surface area contributed by atoms with Crippen LogP contribution in [0.2, 0.25) is 0 Å². The number of carbonyl (C=O) groups is 1. The number of halogens is 3. The number of hydrogen-bond acceptors (Lipinski definition) is 4. The van der Waals surface area contributed by atoms with Crippen LogP contribution in [0.5, 0.6) is 5.75 Å². The fraction of sp³-hybridized carbons (Fsp3) is 0.308. The predicted octanol–water partition coefficient (Wildman–Crippen LogP) is 4.13. The Balaban J connectivity index is 2.50. The Morgan fingerprint density at radius 2 is 1.80 bits per heavy atom. The number of thioether (sulfide) groups is 2. The van der Waals surface area contributed by atoms with Crippen LogP contribution in [-0.4, -0.2) is 30.6 Å². The summed E-state index contributed by atoms with van der Waals surface area (Å²) < 4.78 is 44.6. The quantitative estimate of drug-likeness (QED) is 0.618. The third kappa shape index (κ3) is 3.15. The lowest BCUT2D eigenvalue weighted by Crippen LogP contribution is -2.21. The summed E-state index contributed by atoms with van der Waals surface area (Å²) in [7, 11) is 1.32. The second-order valence-electron chi connectivity index (χ2n) is 3.89. The molecule has 0 amide bonds. The molecule has 0 N–H and O–H groups in total. The van der Waals surface area contributed by atoms with E-state index in [1.165, 1.54) is 25.3 Å². The molecule has 0 aromatic heterocycles. The number of ether oxygens (including phenoxy) is 1. The second kappa shape index (κ2) is 6.13. The molecule has 20 heavy (non-hydrogen) atoms. The summed E-state index contributed by atoms with van der Waals surface area (Å²) in [4.78, 5) is 12.3. The molecule has 0 radical (unpaired) electrons. The third-order valence-corrected chi connectivity index (χ3v) is 5.33. The van der Waals surface area contributed by atoms with Crippen molar-refractivity contribution < 1.29 is 22.7 Å². The molecule has 0 atom stereocenters. The summed E-state index contributed by atoms with van der Waals surface area (Å²) in [6, 6.07) is 5.94. The van der Waals surface area contributed by atoms with Gasteiger partial charge in [0.1, 0.15) is 11.3 Å². The minimum Gasteiger partial charge on any atom is -0.496 e. The lowest BCUT2D eigenvalue weighted by molar-refractivity contribution is -0.0887. The number of methoxy groups -OCH3 is 1. The molecule has 1 aliphatic heterocycles. The molecule has 0 bridgehead atoms. The van der Waals surface area contributed by atoms with Gasteiger partial charge in [0.05, 0.1) is 16.9 Å². The van der Waals surface area contributed by atoms with Gasteiger partial charge >= 0.3 is 6.18 Å². The normalized spacial score (nSPS) is 15.3. The molecule has 0 unspecified atom stereocenters. The molecule has 0 saturated carbocycles. The highest BCUT2D eigenvalue weighted by molar-refractivity contribution is 8.25. The molecule has 1 aromatic rings. The first-order valence-electron chi connectivity index (χ1n) is 5.70. The van der Waals surface area contributed by atoms with Gasteiger partial charge in [-0.3, -0.25) is 4.79 Å². The SMILES string of the molecule is COc1ccccc1C(=O)C(=C1SCCS1)C(F)(F)F. The van der Waals surface area contributed by atoms with Gasteiger partial charge in [-0.1, -0.05) is 12.1 Å². The van der Waals surface area contributed by atoms with Gasteiger partial charge in [-0.05, 0) is 12.1 Å². The lowest BCUT2D eigenvalue weighted by atomic mass is 10.0. The van der Waals surface area contributed by atoms with E-state index in [9.17, 15) is 18.0 Å². The number of benzene rings is 1. The number of rotatable bonds is 3. The topological polar surface area (TPSA) is 26.3 Å². The minimum absolute atomic E-state index is 0.0495. The number of hydrogen-bond donors (Lipinski definition) is 0. The summed E-state index contributed by atoms with van der Waals surface area (Å²) >= 11 is 2.15. The molecular formula is C13H11F3O2S2. The van der Waals surface area contributed by atoms with Gasteiger partial charge in [0, 0.05) is 11.5 Å². The van der Waals surface area contributed by atoms with Crippen LogP contribution < -0.4 is 4.74 Å². The van der Waals surface area contributed by atoms with Crippen LogP contribution in [0, 0.1) is 0 Å². The Hall–Kier alpha value is -1.08. The van der Waals surface area contributed by atoms with Gasteiger partial charge < -0.3 is 4.74 Å². The van der Waals surface area contributed by atoms with Gasteiger partial charge in [-0.25, -0.2) is 0 Å². The summed E-state index contributed by atoms with van der Waals surface area (Å²) in [5, 5.41) is 0. The van der Waals surface area contributed by atoms with E-state index in [1.54, 1.807) is 6.07 Å². The fourth-order valence-electron chi connectivity index (χ4n) is 1.76. The molecular weight excluding hydrogens is 309 g/mol. The van der Waals surface area contributed by atoms with Crippen molar-refractivity contribution in [3.63, 3.8) is 0 Å². The molecule has 1 aliphatic rings. The Morgan fingerprint density at radius 1 is 1.20 bits per heavy atom. The van der Waals surface area contributed by atoms with E-state index in [0.717, 1.165) is 23.5 Å². The molecule has 2 rings (SSSR count). The van der Waals surface area contributed by atoms with Crippen LogP contribution in [0.15, 0.2) is 34.1 Å². The molecule has 1 heterocycles. The van der Waals surface area contributed by atoms with Crippen molar-refractivity contribution >= 4 is 29.3 Å². The third-order valence-electron chi connectivity index (χ3n) is 2.62. The van der Waals surface area contributed by atoms with Gasteiger partial charge in [0.2, 0.25) is 5.78 Å². The number of carbonyl (C=O) groups excluding carboxylic acids is 1. The molecule has 0 aliphatic carbocycles. The first kappa shape index (κ1) is 15.3. The summed E-state index contributed by atoms with van der Waals surface area (Å²) in [6.07, 6.45) is -4.67. The first-order valence-corrected chi connectivity index (χ1v) is 7.67. The van der Waals surface area contributed by atoms with Gasteiger partial charge in [-0.15, -0.1) is 23.5 Å². The second-order valence-corrected chi connectivity index (χ2v) is 6.36. The monoisotopic (exact) mass is 320 g/mol. The van der Waals surface area contributed by atoms with Crippen LogP contribution in [0.25, 0.3) is 0 Å². The molecule has 1 fully saturated rings. The maximum absolute atomic E-state index is 13.2. The lowest BCUT2D eigenvalue weighted by Gasteiger charge is -2.14. The van der Waals surface area contributed by atoms with Crippen molar-refractivity contribution in [2.45, 2.75) is 6.18 Å². The number of para-hydroxylation sites is 1. The van der Waals surface area contributed by atoms with E-state index in [2.05, 4.69) is 0 Å². The molecule has 2 nitrogen and oxygen atoms in total. The van der Waals surface area contributed by atoms with Crippen LogP contribution in [0.3, 0.4) is 0 Å². The van der Waals surface area contributed by atoms with Crippen molar-refractivity contribution in [3.05, 3.63) is 39.6 Å².